The summed E-state index contributed by atoms with van der Waals surface area (Å²) in [4.78, 5) is 4.72. The molecule has 0 amide bonds. The van der Waals surface area contributed by atoms with Gasteiger partial charge in [0.1, 0.15) is 11.8 Å². The van der Waals surface area contributed by atoms with Crippen LogP contribution in [0.3, 0.4) is 0 Å². The predicted molar refractivity (Wildman–Crippen MR) is 212 cm³/mol. The van der Waals surface area contributed by atoms with Crippen LogP contribution in [0.25, 0.3) is 0 Å². The molecule has 4 aromatic carbocycles. The molecule has 0 saturated carbocycles. The first-order valence-electron chi connectivity index (χ1n) is 19.1. The zero-order valence-corrected chi connectivity index (χ0v) is 34.0. The van der Waals surface area contributed by atoms with Gasteiger partial charge in [-0.2, -0.15) is 5.26 Å². The maximum absolute atomic E-state index is 12.1. The molecule has 0 spiro atoms. The van der Waals surface area contributed by atoms with Gasteiger partial charge >= 0.3 is 0 Å². The number of aromatic hydroxyl groups is 1. The van der Waals surface area contributed by atoms with E-state index in [2.05, 4.69) is 98.3 Å². The second kappa shape index (κ2) is 14.2. The zero-order valence-electron chi connectivity index (χ0n) is 33.0. The van der Waals surface area contributed by atoms with E-state index in [1.165, 1.54) is 10.4 Å². The lowest BCUT2D eigenvalue weighted by molar-refractivity contribution is -0.0819. The molecular formula is C44H51N3O7Si. The van der Waals surface area contributed by atoms with Gasteiger partial charge < -0.3 is 33.2 Å². The van der Waals surface area contributed by atoms with Crippen LogP contribution in [0.5, 0.6) is 28.7 Å². The number of likely N-dealkylation sites (N-methyl/N-ethyl adjacent to an activating group) is 1. The van der Waals surface area contributed by atoms with Crippen LogP contribution in [0.4, 0.5) is 0 Å². The quantitative estimate of drug-likeness (QED) is 0.160. The summed E-state index contributed by atoms with van der Waals surface area (Å²) in [5.41, 5.74) is 5.41. The standard InChI is InChI=1S/C44H51N3O7Si/c1-26-19-28-20-32-34(22-45)47-33(38(46(32)6)36(28)42(40(26)50-8)51-24-49-7)21-31-37(43-41(52-25-53-43)27(2)39(31)48)35(47)23-54-55(44(3,4)5,29-15-11-9-12-16-29)30-17-13-10-14-18-30/h9-19,32-35,38,48H,20-21,23-25H2,1-8H3/t32-,33+,34+,35+,38-/m1/s1. The van der Waals surface area contributed by atoms with Crippen molar-refractivity contribution in [3.05, 3.63) is 100 Å². The Balaban J connectivity index is 1.36. The third-order valence-electron chi connectivity index (χ3n) is 12.5. The highest BCUT2D eigenvalue weighted by Gasteiger charge is 2.58. The van der Waals surface area contributed by atoms with Crippen LogP contribution >= 0.6 is 0 Å². The summed E-state index contributed by atoms with van der Waals surface area (Å²) < 4.78 is 37.9. The fraction of sp³-hybridized carbons (Fsp3) is 0.432. The molecule has 0 radical (unpaired) electrons. The first-order valence-corrected chi connectivity index (χ1v) is 21.0. The number of phenolic OH excluding ortho intramolecular Hbond substituents is 1. The maximum Gasteiger partial charge on any atom is 0.261 e. The van der Waals surface area contributed by atoms with E-state index in [1.54, 1.807) is 14.2 Å². The van der Waals surface area contributed by atoms with Crippen LogP contribution in [0.2, 0.25) is 5.04 Å². The number of methoxy groups -OCH3 is 2. The summed E-state index contributed by atoms with van der Waals surface area (Å²) in [6, 6.07) is 24.6. The number of aryl methyl sites for hydroxylation is 1. The highest BCUT2D eigenvalue weighted by atomic mass is 28.4. The van der Waals surface area contributed by atoms with E-state index in [-0.39, 0.29) is 49.1 Å². The Morgan fingerprint density at radius 1 is 0.909 bits per heavy atom. The van der Waals surface area contributed by atoms with E-state index in [1.807, 2.05) is 26.0 Å². The number of rotatable bonds is 9. The van der Waals surface area contributed by atoms with E-state index < -0.39 is 20.4 Å². The van der Waals surface area contributed by atoms with Crippen molar-refractivity contribution in [2.75, 3.05) is 41.5 Å². The average Bonchev–Trinajstić information content (AvgIpc) is 3.67. The number of piperazine rings is 1. The van der Waals surface area contributed by atoms with Crippen molar-refractivity contribution in [3.8, 4) is 34.8 Å². The normalized spacial score (nSPS) is 23.0. The van der Waals surface area contributed by atoms with Crippen molar-refractivity contribution < 1.29 is 33.2 Å². The molecule has 8 rings (SSSR count). The Morgan fingerprint density at radius 3 is 2.16 bits per heavy atom. The van der Waals surface area contributed by atoms with E-state index in [0.717, 1.165) is 27.8 Å². The van der Waals surface area contributed by atoms with Crippen molar-refractivity contribution in [2.45, 2.75) is 82.7 Å². The van der Waals surface area contributed by atoms with Gasteiger partial charge in [0.2, 0.25) is 6.79 Å². The SMILES string of the molecule is COCOc1c(OC)c(C)cc2c1[C@H]1[C@@H]3Cc4c(O)c(C)c5c(c4[C@H](CO[Si](c4ccccc4)(c4ccccc4)C(C)(C)C)N3[C@@H](C#N)[C@@H](C2)N1C)OCO5. The van der Waals surface area contributed by atoms with Crippen molar-refractivity contribution in [1.82, 2.24) is 9.80 Å². The van der Waals surface area contributed by atoms with E-state index in [4.69, 9.17) is 28.1 Å². The molecule has 0 aliphatic carbocycles. The number of hydrogen-bond acceptors (Lipinski definition) is 10. The minimum absolute atomic E-state index is 0.0557. The number of fused-ring (bicyclic) bond motifs is 9. The largest absolute Gasteiger partial charge is 0.507 e. The topological polar surface area (TPSA) is 106 Å². The van der Waals surface area contributed by atoms with Gasteiger partial charge in [0.25, 0.3) is 8.32 Å². The molecule has 10 nitrogen and oxygen atoms in total. The molecule has 1 N–H and O–H groups in total. The lowest BCUT2D eigenvalue weighted by Crippen LogP contribution is -2.70. The van der Waals surface area contributed by atoms with E-state index in [9.17, 15) is 10.4 Å². The Labute approximate surface area is 325 Å². The summed E-state index contributed by atoms with van der Waals surface area (Å²) >= 11 is 0. The van der Waals surface area contributed by atoms with Crippen LogP contribution in [0.1, 0.15) is 66.2 Å². The average molecular weight is 762 g/mol. The summed E-state index contributed by atoms with van der Waals surface area (Å²) in [6.07, 6.45) is 1.11. The second-order valence-electron chi connectivity index (χ2n) is 16.3. The Kier molecular flexibility index (Phi) is 9.63. The molecule has 1 fully saturated rings. The summed E-state index contributed by atoms with van der Waals surface area (Å²) in [5.74, 6) is 2.70. The molecule has 55 heavy (non-hydrogen) atoms. The molecule has 5 atom stereocenters. The number of ether oxygens (including phenoxy) is 5. The molecule has 288 valence electrons. The van der Waals surface area contributed by atoms with Crippen molar-refractivity contribution in [1.29, 1.82) is 5.26 Å². The zero-order chi connectivity index (χ0) is 38.8. The molecular weight excluding hydrogens is 711 g/mol. The number of hydrogen-bond donors (Lipinski definition) is 1. The van der Waals surface area contributed by atoms with Crippen LogP contribution in [-0.2, 0) is 22.0 Å². The smallest absolute Gasteiger partial charge is 0.261 e. The van der Waals surface area contributed by atoms with Gasteiger partial charge in [-0.1, -0.05) is 87.5 Å². The number of nitrogens with zero attached hydrogens (tertiary/aromatic N) is 3. The summed E-state index contributed by atoms with van der Waals surface area (Å²) in [6.45, 7) is 11.1. The second-order valence-corrected chi connectivity index (χ2v) is 20.6. The number of benzene rings is 4. The maximum atomic E-state index is 12.1. The molecule has 0 unspecified atom stereocenters. The monoisotopic (exact) mass is 761 g/mol. The Hall–Kier alpha value is -4.57. The van der Waals surface area contributed by atoms with Crippen molar-refractivity contribution in [2.24, 2.45) is 0 Å². The van der Waals surface area contributed by atoms with Crippen LogP contribution < -0.4 is 29.3 Å². The van der Waals surface area contributed by atoms with Crippen molar-refractivity contribution in [3.63, 3.8) is 0 Å². The number of nitriles is 1. The summed E-state index contributed by atoms with van der Waals surface area (Å²) in [5, 5.41) is 25.4. The first-order chi connectivity index (χ1) is 26.5. The van der Waals surface area contributed by atoms with Gasteiger partial charge in [-0.15, -0.1) is 0 Å². The lowest BCUT2D eigenvalue weighted by atomic mass is 9.71. The first kappa shape index (κ1) is 37.4. The molecule has 0 aromatic heterocycles. The fourth-order valence-corrected chi connectivity index (χ4v) is 14.8. The molecule has 2 bridgehead atoms. The third kappa shape index (κ3) is 5.64. The van der Waals surface area contributed by atoms with Crippen LogP contribution in [-0.4, -0.2) is 82.8 Å². The molecule has 4 aromatic rings. The highest BCUT2D eigenvalue weighted by molar-refractivity contribution is 6.99. The number of phenols is 1. The summed E-state index contributed by atoms with van der Waals surface area (Å²) in [7, 11) is 2.35. The lowest BCUT2D eigenvalue weighted by Gasteiger charge is -2.60. The molecule has 4 aliphatic heterocycles. The van der Waals surface area contributed by atoms with Gasteiger partial charge in [-0.25, -0.2) is 0 Å². The van der Waals surface area contributed by atoms with Gasteiger partial charge in [-0.3, -0.25) is 9.80 Å². The minimum Gasteiger partial charge on any atom is -0.507 e. The molecule has 4 aliphatic rings. The van der Waals surface area contributed by atoms with Gasteiger partial charge in [-0.05, 0) is 60.3 Å². The van der Waals surface area contributed by atoms with E-state index in [0.29, 0.717) is 41.4 Å². The molecule has 4 heterocycles. The Bertz CT molecular complexity index is 2090. The highest BCUT2D eigenvalue weighted by Crippen LogP contribution is 2.58. The Morgan fingerprint density at radius 2 is 1.56 bits per heavy atom. The van der Waals surface area contributed by atoms with E-state index >= 15 is 0 Å². The van der Waals surface area contributed by atoms with Crippen molar-refractivity contribution >= 4 is 18.7 Å². The van der Waals surface area contributed by atoms with Crippen LogP contribution in [0.15, 0.2) is 66.7 Å². The van der Waals surface area contributed by atoms with Gasteiger partial charge in [0, 0.05) is 41.4 Å². The molecule has 1 saturated heterocycles. The fourth-order valence-electron chi connectivity index (χ4n) is 10.2. The van der Waals surface area contributed by atoms with Crippen LogP contribution in [0, 0.1) is 25.2 Å². The van der Waals surface area contributed by atoms with Gasteiger partial charge in [0.05, 0.1) is 31.9 Å². The van der Waals surface area contributed by atoms with Gasteiger partial charge in [0.15, 0.2) is 29.8 Å². The molecule has 11 heteroatoms. The minimum atomic E-state index is -3.04. The third-order valence-corrected chi connectivity index (χ3v) is 17.5. The predicted octanol–water partition coefficient (Wildman–Crippen LogP) is 6.08.